The van der Waals surface area contributed by atoms with Gasteiger partial charge in [0.1, 0.15) is 6.54 Å². The summed E-state index contributed by atoms with van der Waals surface area (Å²) >= 11 is 0. The van der Waals surface area contributed by atoms with E-state index in [1.54, 1.807) is 0 Å². The maximum Gasteiger partial charge on any atom is 0.256 e. The lowest BCUT2D eigenvalue weighted by Gasteiger charge is -2.16. The Labute approximate surface area is 176 Å². The van der Waals surface area contributed by atoms with E-state index < -0.39 is 0 Å². The van der Waals surface area contributed by atoms with E-state index in [4.69, 9.17) is 0 Å². The zero-order valence-electron chi connectivity index (χ0n) is 17.1. The lowest BCUT2D eigenvalue weighted by atomic mass is 10.0. The highest BCUT2D eigenvalue weighted by molar-refractivity contribution is 6.35. The minimum absolute atomic E-state index is 0.0862. The molecule has 1 fully saturated rings. The number of nitrogens with one attached hydrogen (secondary N) is 1. The van der Waals surface area contributed by atoms with Crippen LogP contribution >= 0.6 is 0 Å². The van der Waals surface area contributed by atoms with Crippen LogP contribution < -0.4 is 5.32 Å². The first-order valence-corrected chi connectivity index (χ1v) is 10.7. The number of amides is 2. The largest absolute Gasteiger partial charge is 0.341 e. The maximum absolute atomic E-state index is 12.9. The molecule has 3 heterocycles. The number of carbonyl (C=O) groups is 2. The third kappa shape index (κ3) is 3.11. The van der Waals surface area contributed by atoms with E-state index in [0.29, 0.717) is 12.1 Å². The Morgan fingerprint density at radius 1 is 1.10 bits per heavy atom. The van der Waals surface area contributed by atoms with Gasteiger partial charge in [-0.05, 0) is 37.0 Å². The minimum atomic E-state index is -0.0862. The van der Waals surface area contributed by atoms with Crippen LogP contribution in [0.25, 0.3) is 22.6 Å². The van der Waals surface area contributed by atoms with Crippen LogP contribution in [0.1, 0.15) is 36.5 Å². The third-order valence-electron chi connectivity index (χ3n) is 6.17. The van der Waals surface area contributed by atoms with E-state index in [2.05, 4.69) is 35.0 Å². The molecule has 0 bridgehead atoms. The molecule has 0 saturated carbocycles. The van der Waals surface area contributed by atoms with Gasteiger partial charge in [0.25, 0.3) is 5.91 Å². The number of hydrogen-bond donors (Lipinski definition) is 1. The molecule has 1 saturated heterocycles. The zero-order valence-corrected chi connectivity index (χ0v) is 17.1. The number of para-hydroxylation sites is 2. The van der Waals surface area contributed by atoms with Crippen LogP contribution in [0.15, 0.2) is 48.7 Å². The van der Waals surface area contributed by atoms with Gasteiger partial charge in [-0.25, -0.2) is 0 Å². The van der Waals surface area contributed by atoms with E-state index in [9.17, 15) is 9.59 Å². The average molecular weight is 399 g/mol. The normalized spacial score (nSPS) is 17.0. The van der Waals surface area contributed by atoms with Crippen LogP contribution in [0, 0.1) is 0 Å². The van der Waals surface area contributed by atoms with Crippen molar-refractivity contribution in [2.45, 2.75) is 32.7 Å². The van der Waals surface area contributed by atoms with E-state index in [-0.39, 0.29) is 11.8 Å². The van der Waals surface area contributed by atoms with Crippen molar-refractivity contribution in [1.82, 2.24) is 9.47 Å². The van der Waals surface area contributed by atoms with Gasteiger partial charge in [-0.3, -0.25) is 9.59 Å². The molecule has 2 amide bonds. The second-order valence-electron chi connectivity index (χ2n) is 8.02. The molecular formula is C25H25N3O2. The Hall–Kier alpha value is -3.34. The number of hydrogen-bond acceptors (Lipinski definition) is 2. The molecule has 1 N–H and O–H groups in total. The highest BCUT2D eigenvalue weighted by Gasteiger charge is 2.25. The van der Waals surface area contributed by atoms with Crippen LogP contribution in [0.4, 0.5) is 5.69 Å². The smallest absolute Gasteiger partial charge is 0.256 e. The molecule has 1 aromatic heterocycles. The summed E-state index contributed by atoms with van der Waals surface area (Å²) in [6.07, 6.45) is 7.05. The first-order valence-electron chi connectivity index (χ1n) is 10.7. The van der Waals surface area contributed by atoms with Crippen LogP contribution in [-0.4, -0.2) is 34.4 Å². The molecule has 0 spiro atoms. The molecule has 2 aromatic carbocycles. The predicted molar refractivity (Wildman–Crippen MR) is 120 cm³/mol. The van der Waals surface area contributed by atoms with Gasteiger partial charge >= 0.3 is 0 Å². The summed E-state index contributed by atoms with van der Waals surface area (Å²) in [7, 11) is 0. The highest BCUT2D eigenvalue weighted by Crippen LogP contribution is 2.35. The molecule has 30 heavy (non-hydrogen) atoms. The lowest BCUT2D eigenvalue weighted by molar-refractivity contribution is -0.130. The average Bonchev–Trinajstić information content (AvgIpc) is 3.48. The summed E-state index contributed by atoms with van der Waals surface area (Å²) in [6, 6.07) is 14.0. The fourth-order valence-corrected chi connectivity index (χ4v) is 4.64. The quantitative estimate of drug-likeness (QED) is 0.665. The first kappa shape index (κ1) is 18.7. The molecule has 0 aliphatic carbocycles. The molecular weight excluding hydrogens is 374 g/mol. The Kier molecular flexibility index (Phi) is 4.66. The van der Waals surface area contributed by atoms with Crippen molar-refractivity contribution < 1.29 is 9.59 Å². The number of rotatable bonds is 4. The highest BCUT2D eigenvalue weighted by atomic mass is 16.2. The number of aryl methyl sites for hydroxylation is 1. The molecule has 5 nitrogen and oxygen atoms in total. The van der Waals surface area contributed by atoms with Gasteiger partial charge in [-0.15, -0.1) is 0 Å². The Bertz CT molecular complexity index is 1180. The summed E-state index contributed by atoms with van der Waals surface area (Å²) in [5.41, 5.74) is 5.70. The van der Waals surface area contributed by atoms with E-state index >= 15 is 0 Å². The van der Waals surface area contributed by atoms with Crippen LogP contribution in [0.5, 0.6) is 0 Å². The zero-order chi connectivity index (χ0) is 20.7. The van der Waals surface area contributed by atoms with Crippen LogP contribution in [0.3, 0.4) is 0 Å². The summed E-state index contributed by atoms with van der Waals surface area (Å²) in [4.78, 5) is 27.4. The van der Waals surface area contributed by atoms with Crippen LogP contribution in [0.2, 0.25) is 0 Å². The number of likely N-dealkylation sites (tertiary alicyclic amines) is 1. The second-order valence-corrected chi connectivity index (χ2v) is 8.02. The molecule has 2 aliphatic heterocycles. The van der Waals surface area contributed by atoms with Crippen molar-refractivity contribution in [3.8, 4) is 0 Å². The molecule has 2 aliphatic rings. The number of benzene rings is 2. The van der Waals surface area contributed by atoms with Gasteiger partial charge in [0.2, 0.25) is 5.91 Å². The van der Waals surface area contributed by atoms with E-state index in [1.165, 1.54) is 5.56 Å². The molecule has 152 valence electrons. The van der Waals surface area contributed by atoms with Crippen molar-refractivity contribution in [3.05, 3.63) is 65.4 Å². The molecule has 0 unspecified atom stereocenters. The van der Waals surface area contributed by atoms with Gasteiger partial charge in [-0.2, -0.15) is 0 Å². The van der Waals surface area contributed by atoms with Crippen molar-refractivity contribution in [3.63, 3.8) is 0 Å². The number of nitrogens with zero attached hydrogens (tertiary/aromatic N) is 2. The predicted octanol–water partition coefficient (Wildman–Crippen LogP) is 4.32. The number of anilines is 1. The fraction of sp³-hybridized carbons (Fsp3) is 0.280. The molecule has 5 rings (SSSR count). The third-order valence-corrected chi connectivity index (χ3v) is 6.17. The number of carbonyl (C=O) groups excluding carboxylic acids is 2. The van der Waals surface area contributed by atoms with Crippen molar-refractivity contribution in [1.29, 1.82) is 0 Å². The number of aromatic nitrogens is 1. The van der Waals surface area contributed by atoms with Gasteiger partial charge < -0.3 is 14.8 Å². The fourth-order valence-electron chi connectivity index (χ4n) is 4.64. The van der Waals surface area contributed by atoms with E-state index in [1.807, 2.05) is 41.4 Å². The minimum Gasteiger partial charge on any atom is -0.341 e. The summed E-state index contributed by atoms with van der Waals surface area (Å²) in [5, 5.41) is 4.02. The summed E-state index contributed by atoms with van der Waals surface area (Å²) in [6.45, 7) is 4.17. The Morgan fingerprint density at radius 3 is 2.70 bits per heavy atom. The Balaban J connectivity index is 1.61. The number of fused-ring (bicyclic) bond motifs is 2. The summed E-state index contributed by atoms with van der Waals surface area (Å²) < 4.78 is 2.07. The molecule has 0 radical (unpaired) electrons. The van der Waals surface area contributed by atoms with Gasteiger partial charge in [0, 0.05) is 47.1 Å². The molecule has 0 atom stereocenters. The SMILES string of the molecule is CCc1cccc2c(C=C3C(=O)Nc4ccccc43)cn(CC(=O)N3CCCC3)c12. The Morgan fingerprint density at radius 2 is 1.90 bits per heavy atom. The lowest BCUT2D eigenvalue weighted by Crippen LogP contribution is -2.30. The van der Waals surface area contributed by atoms with Crippen molar-refractivity contribution >= 4 is 40.1 Å². The second kappa shape index (κ2) is 7.48. The maximum atomic E-state index is 12.9. The standard InChI is InChI=1S/C25H25N3O2/c1-2-17-8-7-10-19-18(14-21-20-9-3-4-11-22(20)26-25(21)30)15-28(24(17)19)16-23(29)27-12-5-6-13-27/h3-4,7-11,14-15H,2,5-6,12-13,16H2,1H3,(H,26,30). The van der Waals surface area contributed by atoms with Gasteiger partial charge in [0.05, 0.1) is 5.52 Å². The van der Waals surface area contributed by atoms with Gasteiger partial charge in [0.15, 0.2) is 0 Å². The van der Waals surface area contributed by atoms with E-state index in [0.717, 1.165) is 60.1 Å². The van der Waals surface area contributed by atoms with Gasteiger partial charge in [-0.1, -0.05) is 43.3 Å². The topological polar surface area (TPSA) is 54.3 Å². The molecule has 5 heteroatoms. The monoisotopic (exact) mass is 399 g/mol. The molecule has 3 aromatic rings. The van der Waals surface area contributed by atoms with Crippen molar-refractivity contribution in [2.24, 2.45) is 0 Å². The first-order chi connectivity index (χ1) is 14.7. The van der Waals surface area contributed by atoms with Crippen LogP contribution in [-0.2, 0) is 22.6 Å². The summed E-state index contributed by atoms with van der Waals surface area (Å²) in [5.74, 6) is 0.0790. The van der Waals surface area contributed by atoms with Crippen molar-refractivity contribution in [2.75, 3.05) is 18.4 Å².